The van der Waals surface area contributed by atoms with Gasteiger partial charge in [0.05, 0.1) is 12.2 Å². The summed E-state index contributed by atoms with van der Waals surface area (Å²) in [6.45, 7) is 2.34. The zero-order chi connectivity index (χ0) is 12.0. The molecule has 16 heavy (non-hydrogen) atoms. The van der Waals surface area contributed by atoms with E-state index in [-0.39, 0.29) is 0 Å². The third-order valence-electron chi connectivity index (χ3n) is 2.25. The largest absolute Gasteiger partial charge is 0.478 e. The highest BCUT2D eigenvalue weighted by Gasteiger charge is 2.12. The van der Waals surface area contributed by atoms with Crippen LogP contribution in [-0.4, -0.2) is 18.2 Å². The van der Waals surface area contributed by atoms with E-state index in [0.717, 1.165) is 11.1 Å². The Hall–Kier alpha value is -1.61. The van der Waals surface area contributed by atoms with Crippen LogP contribution in [0.25, 0.3) is 5.57 Å². The number of benzene rings is 1. The first-order chi connectivity index (χ1) is 7.70. The molecule has 0 radical (unpaired) electrons. The van der Waals surface area contributed by atoms with Gasteiger partial charge in [-0.15, -0.1) is 0 Å². The number of allylic oxidation sites excluding steroid dienone is 1. The topological polar surface area (TPSA) is 46.5 Å². The summed E-state index contributed by atoms with van der Waals surface area (Å²) in [4.78, 5) is 11.1. The van der Waals surface area contributed by atoms with Gasteiger partial charge >= 0.3 is 5.97 Å². The predicted octanol–water partition coefficient (Wildman–Crippen LogP) is 2.71. The molecule has 1 aromatic carbocycles. The number of carboxylic acids is 1. The predicted molar refractivity (Wildman–Crippen MR) is 63.1 cm³/mol. The molecule has 86 valence electrons. The number of rotatable bonds is 5. The first kappa shape index (κ1) is 12.5. The maximum absolute atomic E-state index is 11.1. The summed E-state index contributed by atoms with van der Waals surface area (Å²) in [5.41, 5.74) is 1.97. The van der Waals surface area contributed by atoms with Crippen molar-refractivity contribution in [1.82, 2.24) is 0 Å². The minimum Gasteiger partial charge on any atom is -0.478 e. The molecule has 0 saturated heterocycles. The zero-order valence-corrected chi connectivity index (χ0v) is 9.56. The molecule has 0 aliphatic heterocycles. The van der Waals surface area contributed by atoms with Gasteiger partial charge in [-0.2, -0.15) is 0 Å². The molecule has 0 atom stereocenters. The summed E-state index contributed by atoms with van der Waals surface area (Å²) < 4.78 is 5.06. The van der Waals surface area contributed by atoms with E-state index in [1.54, 1.807) is 13.2 Å². The van der Waals surface area contributed by atoms with Crippen LogP contribution in [0.2, 0.25) is 0 Å². The average Bonchev–Trinajstić information content (AvgIpc) is 2.27. The number of carboxylic acid groups (broad SMARTS) is 1. The minimum absolute atomic E-state index is 0.343. The van der Waals surface area contributed by atoms with E-state index in [9.17, 15) is 4.79 Å². The molecule has 1 aromatic rings. The molecule has 0 aliphatic carbocycles. The third-order valence-corrected chi connectivity index (χ3v) is 2.25. The fraction of sp³-hybridized carbons (Fsp3) is 0.308. The average molecular weight is 220 g/mol. The van der Waals surface area contributed by atoms with Gasteiger partial charge in [-0.05, 0) is 17.5 Å². The van der Waals surface area contributed by atoms with E-state index in [4.69, 9.17) is 9.84 Å². The van der Waals surface area contributed by atoms with E-state index >= 15 is 0 Å². The lowest BCUT2D eigenvalue weighted by molar-refractivity contribution is -0.130. The Morgan fingerprint density at radius 3 is 2.69 bits per heavy atom. The van der Waals surface area contributed by atoms with Crippen molar-refractivity contribution in [3.63, 3.8) is 0 Å². The molecule has 3 nitrogen and oxygen atoms in total. The second kappa shape index (κ2) is 6.08. The number of hydrogen-bond acceptors (Lipinski definition) is 2. The minimum atomic E-state index is -0.898. The molecule has 0 aliphatic rings. The molecule has 0 aromatic heterocycles. The van der Waals surface area contributed by atoms with E-state index < -0.39 is 5.97 Å². The van der Waals surface area contributed by atoms with Crippen LogP contribution in [0.4, 0.5) is 0 Å². The van der Waals surface area contributed by atoms with Gasteiger partial charge in [-0.1, -0.05) is 37.3 Å². The third kappa shape index (κ3) is 2.94. The fourth-order valence-corrected chi connectivity index (χ4v) is 1.58. The Bertz CT molecular complexity index is 394. The smallest absolute Gasteiger partial charge is 0.335 e. The van der Waals surface area contributed by atoms with E-state index in [0.29, 0.717) is 18.6 Å². The number of aliphatic carboxylic acids is 1. The maximum atomic E-state index is 11.1. The van der Waals surface area contributed by atoms with Gasteiger partial charge in [0.25, 0.3) is 0 Å². The van der Waals surface area contributed by atoms with Crippen molar-refractivity contribution in [3.8, 4) is 0 Å². The molecule has 0 spiro atoms. The molecule has 1 rings (SSSR count). The lowest BCUT2D eigenvalue weighted by atomic mass is 9.99. The van der Waals surface area contributed by atoms with E-state index in [1.165, 1.54) is 0 Å². The van der Waals surface area contributed by atoms with Crippen LogP contribution in [-0.2, 0) is 16.1 Å². The van der Waals surface area contributed by atoms with Gasteiger partial charge in [-0.3, -0.25) is 0 Å². The molecule has 0 saturated carbocycles. The van der Waals surface area contributed by atoms with Crippen molar-refractivity contribution >= 4 is 11.5 Å². The van der Waals surface area contributed by atoms with Gasteiger partial charge in [0.15, 0.2) is 0 Å². The summed E-state index contributed by atoms with van der Waals surface area (Å²) in [6, 6.07) is 7.40. The fourth-order valence-electron chi connectivity index (χ4n) is 1.58. The van der Waals surface area contributed by atoms with Crippen LogP contribution in [0.1, 0.15) is 24.5 Å². The molecule has 0 unspecified atom stereocenters. The molecular formula is C13H16O3. The highest BCUT2D eigenvalue weighted by Crippen LogP contribution is 2.20. The maximum Gasteiger partial charge on any atom is 0.335 e. The number of methoxy groups -OCH3 is 1. The summed E-state index contributed by atoms with van der Waals surface area (Å²) >= 11 is 0. The molecule has 0 amide bonds. The Kier molecular flexibility index (Phi) is 4.73. The summed E-state index contributed by atoms with van der Waals surface area (Å²) in [6.07, 6.45) is 2.42. The first-order valence-electron chi connectivity index (χ1n) is 5.21. The standard InChI is InChI=1S/C13H16O3/c1-3-6-12(13(14)15)11-8-5-4-7-10(11)9-16-2/h4-8H,3,9H2,1-2H3,(H,14,15). The number of carbonyl (C=O) groups is 1. The Labute approximate surface area is 95.4 Å². The lowest BCUT2D eigenvalue weighted by Crippen LogP contribution is -2.03. The quantitative estimate of drug-likeness (QED) is 0.776. The second-order valence-corrected chi connectivity index (χ2v) is 3.42. The van der Waals surface area contributed by atoms with Crippen molar-refractivity contribution in [1.29, 1.82) is 0 Å². The Morgan fingerprint density at radius 2 is 2.12 bits per heavy atom. The summed E-state index contributed by atoms with van der Waals surface area (Å²) in [5, 5.41) is 9.14. The van der Waals surface area contributed by atoms with Gasteiger partial charge in [0, 0.05) is 7.11 Å². The monoisotopic (exact) mass is 220 g/mol. The van der Waals surface area contributed by atoms with Crippen molar-refractivity contribution in [2.45, 2.75) is 20.0 Å². The molecule has 0 heterocycles. The van der Waals surface area contributed by atoms with Crippen LogP contribution in [0, 0.1) is 0 Å². The SMILES string of the molecule is CCC=C(C(=O)O)c1ccccc1COC. The van der Waals surface area contributed by atoms with Crippen molar-refractivity contribution < 1.29 is 14.6 Å². The van der Waals surface area contributed by atoms with Gasteiger partial charge < -0.3 is 9.84 Å². The van der Waals surface area contributed by atoms with Crippen LogP contribution in [0.5, 0.6) is 0 Å². The van der Waals surface area contributed by atoms with E-state index in [2.05, 4.69) is 0 Å². The normalized spacial score (nSPS) is 11.5. The number of hydrogen-bond donors (Lipinski definition) is 1. The van der Waals surface area contributed by atoms with Crippen LogP contribution >= 0.6 is 0 Å². The van der Waals surface area contributed by atoms with Gasteiger partial charge in [-0.25, -0.2) is 4.79 Å². The molecule has 1 N–H and O–H groups in total. The van der Waals surface area contributed by atoms with Crippen LogP contribution < -0.4 is 0 Å². The van der Waals surface area contributed by atoms with Crippen LogP contribution in [0.3, 0.4) is 0 Å². The molecule has 0 fully saturated rings. The lowest BCUT2D eigenvalue weighted by Gasteiger charge is -2.09. The first-order valence-corrected chi connectivity index (χ1v) is 5.21. The molecular weight excluding hydrogens is 204 g/mol. The van der Waals surface area contributed by atoms with Crippen molar-refractivity contribution in [2.75, 3.05) is 7.11 Å². The molecule has 3 heteroatoms. The van der Waals surface area contributed by atoms with Gasteiger partial charge in [0.2, 0.25) is 0 Å². The zero-order valence-electron chi connectivity index (χ0n) is 9.56. The van der Waals surface area contributed by atoms with Crippen LogP contribution in [0.15, 0.2) is 30.3 Å². The Morgan fingerprint density at radius 1 is 1.44 bits per heavy atom. The second-order valence-electron chi connectivity index (χ2n) is 3.42. The molecule has 0 bridgehead atoms. The Balaban J connectivity index is 3.18. The van der Waals surface area contributed by atoms with Crippen molar-refractivity contribution in [2.24, 2.45) is 0 Å². The summed E-state index contributed by atoms with van der Waals surface area (Å²) in [7, 11) is 1.60. The van der Waals surface area contributed by atoms with Gasteiger partial charge in [0.1, 0.15) is 0 Å². The van der Waals surface area contributed by atoms with Crippen molar-refractivity contribution in [3.05, 3.63) is 41.5 Å². The highest BCUT2D eigenvalue weighted by atomic mass is 16.5. The summed E-state index contributed by atoms with van der Waals surface area (Å²) in [5.74, 6) is -0.898. The van der Waals surface area contributed by atoms with E-state index in [1.807, 2.05) is 31.2 Å². The number of ether oxygens (including phenoxy) is 1. The highest BCUT2D eigenvalue weighted by molar-refractivity contribution is 6.15.